The number of unbranched alkanes of at least 4 members (excludes halogenated alkanes) is 2. The van der Waals surface area contributed by atoms with Crippen LogP contribution >= 0.6 is 0 Å². The van der Waals surface area contributed by atoms with Gasteiger partial charge >= 0.3 is 0 Å². The summed E-state index contributed by atoms with van der Waals surface area (Å²) < 4.78 is 0. The van der Waals surface area contributed by atoms with Gasteiger partial charge in [-0.2, -0.15) is 0 Å². The third-order valence-corrected chi connectivity index (χ3v) is 9.95. The fraction of sp³-hybridized carbons (Fsp3) is 0.366. The van der Waals surface area contributed by atoms with E-state index >= 15 is 0 Å². The Labute approximate surface area is 259 Å². The molecule has 4 aromatic carbocycles. The van der Waals surface area contributed by atoms with E-state index in [0.717, 1.165) is 13.1 Å². The van der Waals surface area contributed by atoms with Crippen LogP contribution in [0.25, 0.3) is 21.5 Å². The molecule has 2 heterocycles. The summed E-state index contributed by atoms with van der Waals surface area (Å²) in [5.74, 6) is 0. The van der Waals surface area contributed by atoms with Crippen LogP contribution in [0, 0.1) is 0 Å². The molecular weight excluding hydrogens is 520 g/mol. The van der Waals surface area contributed by atoms with Crippen LogP contribution < -0.4 is 9.80 Å². The number of allylic oxidation sites excluding steroid dienone is 5. The van der Waals surface area contributed by atoms with E-state index in [1.54, 1.807) is 0 Å². The van der Waals surface area contributed by atoms with E-state index < -0.39 is 0 Å². The zero-order valence-electron chi connectivity index (χ0n) is 27.0. The average molecular weight is 569 g/mol. The highest BCUT2D eigenvalue weighted by molar-refractivity contribution is 5.95. The van der Waals surface area contributed by atoms with Crippen molar-refractivity contribution in [2.75, 3.05) is 22.9 Å². The Balaban J connectivity index is 1.32. The van der Waals surface area contributed by atoms with Crippen molar-refractivity contribution in [3.05, 3.63) is 120 Å². The van der Waals surface area contributed by atoms with Gasteiger partial charge < -0.3 is 9.80 Å². The van der Waals surface area contributed by atoms with Crippen LogP contribution in [0.5, 0.6) is 0 Å². The largest absolute Gasteiger partial charge is 0.364 e. The minimum Gasteiger partial charge on any atom is -0.364 e. The van der Waals surface area contributed by atoms with Gasteiger partial charge in [0.15, 0.2) is 0 Å². The highest BCUT2D eigenvalue weighted by Gasteiger charge is 2.44. The van der Waals surface area contributed by atoms with E-state index in [1.165, 1.54) is 75.4 Å². The molecular formula is C41H48N2. The third-order valence-electron chi connectivity index (χ3n) is 9.95. The molecule has 2 aliphatic heterocycles. The van der Waals surface area contributed by atoms with Gasteiger partial charge in [-0.15, -0.1) is 0 Å². The maximum absolute atomic E-state index is 2.66. The molecule has 222 valence electrons. The van der Waals surface area contributed by atoms with Gasteiger partial charge in [0.05, 0.1) is 6.04 Å². The number of rotatable bonds is 9. The molecule has 1 atom stereocenters. The monoisotopic (exact) mass is 568 g/mol. The maximum atomic E-state index is 2.66. The molecule has 0 aromatic heterocycles. The molecule has 0 radical (unpaired) electrons. The smallest absolute Gasteiger partial charge is 0.0568 e. The van der Waals surface area contributed by atoms with Crippen molar-refractivity contribution in [1.82, 2.24) is 0 Å². The molecule has 0 spiro atoms. The standard InChI is InChI=1S/C41H48N2/c1-7-9-28-42-34-26-24-30-18-14-16-20-32(30)38(34)40(3,4)36(42)22-12-11-13-23-37-41(5,6)39-33-21-17-15-19-31(33)25-27-35(39)43(37)29-10-8-2/h11-27,36H,7-10,28-29H2,1-6H3/b13-11+,22-12+,37-23-. The summed E-state index contributed by atoms with van der Waals surface area (Å²) >= 11 is 0. The highest BCUT2D eigenvalue weighted by atomic mass is 15.2. The van der Waals surface area contributed by atoms with Crippen molar-refractivity contribution in [3.8, 4) is 0 Å². The van der Waals surface area contributed by atoms with Gasteiger partial charge in [0.1, 0.15) is 0 Å². The summed E-state index contributed by atoms with van der Waals surface area (Å²) in [7, 11) is 0. The van der Waals surface area contributed by atoms with E-state index in [2.05, 4.69) is 155 Å². The summed E-state index contributed by atoms with van der Waals surface area (Å²) in [6, 6.07) is 27.4. The van der Waals surface area contributed by atoms with Crippen LogP contribution in [0.1, 0.15) is 78.4 Å². The lowest BCUT2D eigenvalue weighted by Gasteiger charge is -2.32. The maximum Gasteiger partial charge on any atom is 0.0568 e. The molecule has 1 unspecified atom stereocenters. The highest BCUT2D eigenvalue weighted by Crippen LogP contribution is 2.51. The number of benzene rings is 4. The molecule has 0 bridgehead atoms. The van der Waals surface area contributed by atoms with Gasteiger partial charge in [0.25, 0.3) is 0 Å². The Morgan fingerprint density at radius 1 is 0.651 bits per heavy atom. The summed E-state index contributed by atoms with van der Waals surface area (Å²) in [4.78, 5) is 5.23. The lowest BCUT2D eigenvalue weighted by molar-refractivity contribution is 0.473. The molecule has 2 nitrogen and oxygen atoms in total. The van der Waals surface area contributed by atoms with Crippen molar-refractivity contribution in [1.29, 1.82) is 0 Å². The molecule has 0 fully saturated rings. The second kappa shape index (κ2) is 11.7. The van der Waals surface area contributed by atoms with Gasteiger partial charge in [-0.25, -0.2) is 0 Å². The second-order valence-electron chi connectivity index (χ2n) is 13.5. The van der Waals surface area contributed by atoms with Crippen LogP contribution in [0.2, 0.25) is 0 Å². The molecule has 0 aliphatic carbocycles. The molecule has 43 heavy (non-hydrogen) atoms. The summed E-state index contributed by atoms with van der Waals surface area (Å²) in [5.41, 5.74) is 7.07. The fourth-order valence-electron chi connectivity index (χ4n) is 7.77. The van der Waals surface area contributed by atoms with Crippen molar-refractivity contribution in [2.45, 2.75) is 84.1 Å². The molecule has 6 rings (SSSR count). The van der Waals surface area contributed by atoms with E-state index in [1.807, 2.05) is 0 Å². The van der Waals surface area contributed by atoms with Crippen molar-refractivity contribution in [3.63, 3.8) is 0 Å². The van der Waals surface area contributed by atoms with Gasteiger partial charge in [-0.1, -0.05) is 139 Å². The first-order chi connectivity index (χ1) is 20.8. The van der Waals surface area contributed by atoms with Crippen LogP contribution in [0.15, 0.2) is 109 Å². The van der Waals surface area contributed by atoms with Crippen molar-refractivity contribution < 1.29 is 0 Å². The van der Waals surface area contributed by atoms with Crippen LogP contribution in [-0.4, -0.2) is 19.1 Å². The van der Waals surface area contributed by atoms with Crippen molar-refractivity contribution in [2.24, 2.45) is 0 Å². The quantitative estimate of drug-likeness (QED) is 0.185. The fourth-order valence-corrected chi connectivity index (χ4v) is 7.77. The molecule has 2 heteroatoms. The molecule has 2 aliphatic rings. The summed E-state index contributed by atoms with van der Waals surface area (Å²) in [5, 5.41) is 5.43. The molecule has 4 aromatic rings. The zero-order valence-corrected chi connectivity index (χ0v) is 27.0. The number of anilines is 2. The first-order valence-corrected chi connectivity index (χ1v) is 16.4. The minimum atomic E-state index is -0.0644. The Bertz CT molecular complexity index is 1720. The Morgan fingerprint density at radius 2 is 1.26 bits per heavy atom. The number of fused-ring (bicyclic) bond motifs is 6. The van der Waals surface area contributed by atoms with Crippen molar-refractivity contribution >= 4 is 32.9 Å². The van der Waals surface area contributed by atoms with E-state index in [4.69, 9.17) is 0 Å². The van der Waals surface area contributed by atoms with E-state index in [9.17, 15) is 0 Å². The molecule has 0 amide bonds. The minimum absolute atomic E-state index is 0.0137. The molecule has 0 saturated carbocycles. The topological polar surface area (TPSA) is 6.48 Å². The Hall–Kier alpha value is -3.78. The number of hydrogen-bond donors (Lipinski definition) is 0. The number of hydrogen-bond acceptors (Lipinski definition) is 2. The van der Waals surface area contributed by atoms with Gasteiger partial charge in [0.2, 0.25) is 0 Å². The first-order valence-electron chi connectivity index (χ1n) is 16.4. The first kappa shape index (κ1) is 29.3. The molecule has 0 saturated heterocycles. The third kappa shape index (κ3) is 4.99. The van der Waals surface area contributed by atoms with Gasteiger partial charge in [-0.3, -0.25) is 0 Å². The van der Waals surface area contributed by atoms with E-state index in [0.29, 0.717) is 6.04 Å². The summed E-state index contributed by atoms with van der Waals surface area (Å²) in [6.07, 6.45) is 16.4. The van der Waals surface area contributed by atoms with Gasteiger partial charge in [-0.05, 0) is 63.7 Å². The lowest BCUT2D eigenvalue weighted by atomic mass is 9.78. The predicted octanol–water partition coefficient (Wildman–Crippen LogP) is 10.9. The van der Waals surface area contributed by atoms with Crippen LogP contribution in [0.3, 0.4) is 0 Å². The normalized spacial score (nSPS) is 19.9. The zero-order chi connectivity index (χ0) is 30.2. The lowest BCUT2D eigenvalue weighted by Crippen LogP contribution is -2.40. The second-order valence-corrected chi connectivity index (χ2v) is 13.5. The van der Waals surface area contributed by atoms with Crippen LogP contribution in [-0.2, 0) is 10.8 Å². The summed E-state index contributed by atoms with van der Waals surface area (Å²) in [6.45, 7) is 16.4. The average Bonchev–Trinajstić information content (AvgIpc) is 3.37. The predicted molar refractivity (Wildman–Crippen MR) is 189 cm³/mol. The Kier molecular flexibility index (Phi) is 7.98. The van der Waals surface area contributed by atoms with E-state index in [-0.39, 0.29) is 10.8 Å². The Morgan fingerprint density at radius 3 is 1.93 bits per heavy atom. The SMILES string of the molecule is CCCCN1\C(=C/C=C/C=C/C2N(CCCC)c3ccc4ccccc4c3C2(C)C)C(C)(C)c2c1ccc1ccccc21. The molecule has 0 N–H and O–H groups in total. The number of nitrogens with zero attached hydrogens (tertiary/aromatic N) is 2. The van der Waals surface area contributed by atoms with Gasteiger partial charge in [0, 0.05) is 41.0 Å². The van der Waals surface area contributed by atoms with Crippen LogP contribution in [0.4, 0.5) is 11.4 Å².